The van der Waals surface area contributed by atoms with Gasteiger partial charge in [0, 0.05) is 44.7 Å². The van der Waals surface area contributed by atoms with Crippen molar-refractivity contribution in [2.45, 2.75) is 58.1 Å². The predicted octanol–water partition coefficient (Wildman–Crippen LogP) is 4.60. The van der Waals surface area contributed by atoms with Crippen molar-refractivity contribution in [2.24, 2.45) is 18.1 Å². The largest absolute Gasteiger partial charge is 0.426 e. The van der Waals surface area contributed by atoms with Crippen LogP contribution in [0, 0.1) is 17.2 Å². The highest BCUT2D eigenvalue weighted by Gasteiger charge is 2.31. The Hall–Kier alpha value is -4.39. The summed E-state index contributed by atoms with van der Waals surface area (Å²) >= 11 is 0. The smallest absolute Gasteiger partial charge is 0.298 e. The highest BCUT2D eigenvalue weighted by Crippen LogP contribution is 2.37. The average molecular weight is 545 g/mol. The molecule has 210 valence electrons. The lowest BCUT2D eigenvalue weighted by molar-refractivity contribution is -0.120. The zero-order valence-corrected chi connectivity index (χ0v) is 23.9. The van der Waals surface area contributed by atoms with Crippen molar-refractivity contribution < 1.29 is 14.4 Å². The summed E-state index contributed by atoms with van der Waals surface area (Å²) in [6.45, 7) is 6.24. The SMILES string of the molecule is CNc1cccc(/C(=N\OC(C)(C)C)C2CCC(N(C)c3cc(=O)n(C)c4ccc(C#N)nc34)CC2)c1OC=O. The number of hydrogen-bond donors (Lipinski definition) is 1. The summed E-state index contributed by atoms with van der Waals surface area (Å²) in [5, 5.41) is 17.1. The standard InChI is InChI=1S/C30H36N6O4/c1-30(2,3)40-34-27(22-8-7-9-23(32-4)29(22)39-18-37)19-10-13-21(14-11-19)35(5)25-16-26(38)36(6)24-15-12-20(17-31)33-28(24)25/h7-9,12,15-16,18-19,21,32H,10-11,13-14H2,1-6H3/b34-27-. The Kier molecular flexibility index (Phi) is 8.43. The molecule has 0 saturated heterocycles. The molecule has 0 amide bonds. The highest BCUT2D eigenvalue weighted by atomic mass is 16.6. The zero-order valence-electron chi connectivity index (χ0n) is 23.9. The molecule has 1 aromatic carbocycles. The summed E-state index contributed by atoms with van der Waals surface area (Å²) in [5.41, 5.74) is 3.85. The van der Waals surface area contributed by atoms with Gasteiger partial charge in [-0.1, -0.05) is 11.2 Å². The van der Waals surface area contributed by atoms with Gasteiger partial charge in [-0.3, -0.25) is 9.59 Å². The molecule has 3 aromatic rings. The molecule has 1 aliphatic carbocycles. The molecular weight excluding hydrogens is 508 g/mol. The van der Waals surface area contributed by atoms with Crippen molar-refractivity contribution in [3.8, 4) is 11.8 Å². The fourth-order valence-electron chi connectivity index (χ4n) is 5.22. The highest BCUT2D eigenvalue weighted by molar-refractivity contribution is 6.06. The number of aryl methyl sites for hydroxylation is 1. The Morgan fingerprint density at radius 1 is 1.23 bits per heavy atom. The minimum Gasteiger partial charge on any atom is -0.426 e. The van der Waals surface area contributed by atoms with Crippen LogP contribution < -0.4 is 20.5 Å². The lowest BCUT2D eigenvalue weighted by atomic mass is 9.80. The first-order chi connectivity index (χ1) is 19.1. The molecule has 1 saturated carbocycles. The molecule has 0 atom stereocenters. The number of oxime groups is 1. The first kappa shape index (κ1) is 28.6. The van der Waals surface area contributed by atoms with Gasteiger partial charge in [0.05, 0.1) is 22.6 Å². The number of carbonyl (C=O) groups is 1. The molecule has 0 aliphatic heterocycles. The topological polar surface area (TPSA) is 122 Å². The van der Waals surface area contributed by atoms with E-state index in [9.17, 15) is 14.9 Å². The molecule has 2 aromatic heterocycles. The van der Waals surface area contributed by atoms with Crippen LogP contribution in [-0.2, 0) is 16.7 Å². The number of para-hydroxylation sites is 1. The van der Waals surface area contributed by atoms with Gasteiger partial charge in [0.1, 0.15) is 22.9 Å². The van der Waals surface area contributed by atoms with Crippen LogP contribution in [0.3, 0.4) is 0 Å². The van der Waals surface area contributed by atoms with E-state index < -0.39 is 5.60 Å². The van der Waals surface area contributed by atoms with Gasteiger partial charge in [-0.05, 0) is 70.7 Å². The summed E-state index contributed by atoms with van der Waals surface area (Å²) in [6, 6.07) is 12.9. The van der Waals surface area contributed by atoms with Gasteiger partial charge in [-0.15, -0.1) is 0 Å². The number of hydrogen-bond acceptors (Lipinski definition) is 9. The van der Waals surface area contributed by atoms with E-state index in [1.165, 1.54) is 0 Å². The van der Waals surface area contributed by atoms with E-state index in [1.54, 1.807) is 36.9 Å². The van der Waals surface area contributed by atoms with Crippen molar-refractivity contribution >= 4 is 34.6 Å². The van der Waals surface area contributed by atoms with E-state index in [0.717, 1.165) is 31.4 Å². The number of ether oxygens (including phenoxy) is 1. The van der Waals surface area contributed by atoms with Gasteiger partial charge in [0.15, 0.2) is 5.75 Å². The number of benzene rings is 1. The average Bonchev–Trinajstić information content (AvgIpc) is 2.95. The third kappa shape index (κ3) is 5.93. The Labute approximate surface area is 234 Å². The number of fused-ring (bicyclic) bond motifs is 1. The summed E-state index contributed by atoms with van der Waals surface area (Å²) < 4.78 is 6.96. The summed E-state index contributed by atoms with van der Waals surface area (Å²) in [7, 11) is 5.46. The predicted molar refractivity (Wildman–Crippen MR) is 156 cm³/mol. The van der Waals surface area contributed by atoms with Crippen LogP contribution in [0.25, 0.3) is 11.0 Å². The second-order valence-corrected chi connectivity index (χ2v) is 11.0. The summed E-state index contributed by atoms with van der Waals surface area (Å²) in [4.78, 5) is 36.7. The molecule has 0 bridgehead atoms. The number of nitriles is 1. The number of nitrogens with one attached hydrogen (secondary N) is 1. The Morgan fingerprint density at radius 3 is 2.58 bits per heavy atom. The molecule has 10 nitrogen and oxygen atoms in total. The third-order valence-electron chi connectivity index (χ3n) is 7.34. The molecule has 1 fully saturated rings. The number of pyridine rings is 2. The minimum absolute atomic E-state index is 0.0665. The monoisotopic (exact) mass is 544 g/mol. The van der Waals surface area contributed by atoms with Gasteiger partial charge in [0.25, 0.3) is 12.0 Å². The molecule has 1 aliphatic rings. The maximum Gasteiger partial charge on any atom is 0.298 e. The Balaban J connectivity index is 1.65. The second-order valence-electron chi connectivity index (χ2n) is 11.0. The normalized spacial score (nSPS) is 17.7. The van der Waals surface area contributed by atoms with E-state index in [2.05, 4.69) is 26.4 Å². The van der Waals surface area contributed by atoms with Gasteiger partial charge >= 0.3 is 0 Å². The molecule has 2 heterocycles. The van der Waals surface area contributed by atoms with Gasteiger partial charge in [-0.2, -0.15) is 5.26 Å². The minimum atomic E-state index is -0.495. The Bertz CT molecular complexity index is 1520. The van der Waals surface area contributed by atoms with Crippen LogP contribution in [0.2, 0.25) is 0 Å². The molecule has 1 N–H and O–H groups in total. The van der Waals surface area contributed by atoms with Crippen molar-refractivity contribution in [3.63, 3.8) is 0 Å². The van der Waals surface area contributed by atoms with Crippen molar-refractivity contribution in [3.05, 3.63) is 58.0 Å². The van der Waals surface area contributed by atoms with Gasteiger partial charge in [-0.25, -0.2) is 4.98 Å². The zero-order chi connectivity index (χ0) is 29.0. The fraction of sp³-hybridized carbons (Fsp3) is 0.433. The van der Waals surface area contributed by atoms with Crippen LogP contribution in [0.4, 0.5) is 11.4 Å². The van der Waals surface area contributed by atoms with E-state index in [4.69, 9.17) is 9.57 Å². The number of nitrogens with zero attached hydrogens (tertiary/aromatic N) is 5. The molecular formula is C30H36N6O4. The lowest BCUT2D eigenvalue weighted by Crippen LogP contribution is -2.38. The van der Waals surface area contributed by atoms with Crippen molar-refractivity contribution in [2.75, 3.05) is 24.3 Å². The molecule has 10 heteroatoms. The first-order valence-electron chi connectivity index (χ1n) is 13.4. The number of carbonyl (C=O) groups excluding carboxylic acids is 1. The van der Waals surface area contributed by atoms with E-state index in [0.29, 0.717) is 45.9 Å². The third-order valence-corrected chi connectivity index (χ3v) is 7.34. The maximum absolute atomic E-state index is 12.8. The molecule has 40 heavy (non-hydrogen) atoms. The summed E-state index contributed by atoms with van der Waals surface area (Å²) in [5.74, 6) is 0.485. The number of anilines is 2. The second kappa shape index (κ2) is 11.8. The van der Waals surface area contributed by atoms with Crippen molar-refractivity contribution in [1.29, 1.82) is 5.26 Å². The fourth-order valence-corrected chi connectivity index (χ4v) is 5.22. The lowest BCUT2D eigenvalue weighted by Gasteiger charge is -2.36. The molecule has 0 unspecified atom stereocenters. The molecule has 0 spiro atoms. The van der Waals surface area contributed by atoms with E-state index >= 15 is 0 Å². The maximum atomic E-state index is 12.8. The molecule has 0 radical (unpaired) electrons. The van der Waals surface area contributed by atoms with E-state index in [-0.39, 0.29) is 17.5 Å². The summed E-state index contributed by atoms with van der Waals surface area (Å²) in [6.07, 6.45) is 3.29. The van der Waals surface area contributed by atoms with Crippen LogP contribution in [-0.4, -0.2) is 47.5 Å². The number of rotatable bonds is 8. The quantitative estimate of drug-likeness (QED) is 0.248. The van der Waals surface area contributed by atoms with Gasteiger partial charge in [0.2, 0.25) is 0 Å². The van der Waals surface area contributed by atoms with Gasteiger partial charge < -0.3 is 24.4 Å². The van der Waals surface area contributed by atoms with Crippen LogP contribution >= 0.6 is 0 Å². The van der Waals surface area contributed by atoms with Crippen LogP contribution in [0.1, 0.15) is 57.7 Å². The number of aromatic nitrogens is 2. The van der Waals surface area contributed by atoms with E-state index in [1.807, 2.05) is 46.0 Å². The van der Waals surface area contributed by atoms with Crippen molar-refractivity contribution in [1.82, 2.24) is 9.55 Å². The molecule has 4 rings (SSSR count). The van der Waals surface area contributed by atoms with Crippen LogP contribution in [0.15, 0.2) is 46.3 Å². The Morgan fingerprint density at radius 2 is 1.95 bits per heavy atom. The van der Waals surface area contributed by atoms with Crippen LogP contribution in [0.5, 0.6) is 5.75 Å². The first-order valence-corrected chi connectivity index (χ1v) is 13.4.